The van der Waals surface area contributed by atoms with Crippen molar-refractivity contribution in [3.05, 3.63) is 45.4 Å². The molecule has 0 atom stereocenters. The molecule has 0 amide bonds. The van der Waals surface area contributed by atoms with Crippen LogP contribution < -0.4 is 10.5 Å². The molecule has 2 N–H and O–H groups in total. The third-order valence-electron chi connectivity index (χ3n) is 4.32. The van der Waals surface area contributed by atoms with E-state index in [4.69, 9.17) is 47.6 Å². The Balaban J connectivity index is 1.54. The zero-order valence-electron chi connectivity index (χ0n) is 17.4. The van der Waals surface area contributed by atoms with Crippen LogP contribution in [0, 0.1) is 6.92 Å². The van der Waals surface area contributed by atoms with E-state index in [0.29, 0.717) is 28.0 Å². The predicted molar refractivity (Wildman–Crippen MR) is 118 cm³/mol. The number of nitrogen functional groups attached to an aromatic ring is 1. The number of nitrogens with zero attached hydrogens (tertiary/aromatic N) is 2. The lowest BCUT2D eigenvalue weighted by atomic mass is 10.2. The molecule has 170 valence electrons. The molecule has 0 aliphatic heterocycles. The summed E-state index contributed by atoms with van der Waals surface area (Å²) in [5.41, 5.74) is 6.30. The van der Waals surface area contributed by atoms with E-state index < -0.39 is 11.9 Å². The van der Waals surface area contributed by atoms with Crippen LogP contribution >= 0.6 is 23.2 Å². The first-order valence-electron chi connectivity index (χ1n) is 9.76. The number of benzene rings is 1. The number of halogens is 2. The minimum Gasteiger partial charge on any atom is -0.492 e. The maximum Gasteiger partial charge on any atom is 0.342 e. The number of hydrogen-bond donors (Lipinski definition) is 1. The Bertz CT molecular complexity index is 1150. The molecular weight excluding hydrogens is 461 g/mol. The molecule has 9 nitrogen and oxygen atoms in total. The Hall–Kier alpha value is -3.04. The highest BCUT2D eigenvalue weighted by Crippen LogP contribution is 2.29. The van der Waals surface area contributed by atoms with Gasteiger partial charge in [0.05, 0.1) is 23.6 Å². The van der Waals surface area contributed by atoms with Crippen molar-refractivity contribution in [2.75, 3.05) is 18.9 Å². The van der Waals surface area contributed by atoms with Crippen molar-refractivity contribution in [3.63, 3.8) is 0 Å². The predicted octanol–water partition coefficient (Wildman–Crippen LogP) is 4.50. The molecule has 11 heteroatoms. The fourth-order valence-electron chi connectivity index (χ4n) is 2.91. The molecule has 2 aromatic heterocycles. The summed E-state index contributed by atoms with van der Waals surface area (Å²) in [6.07, 6.45) is 0.538. The van der Waals surface area contributed by atoms with E-state index in [1.807, 2.05) is 0 Å². The van der Waals surface area contributed by atoms with Gasteiger partial charge in [0.25, 0.3) is 0 Å². The normalized spacial score (nSPS) is 10.9. The smallest absolute Gasteiger partial charge is 0.342 e. The molecule has 0 fully saturated rings. The molecule has 32 heavy (non-hydrogen) atoms. The molecule has 3 aromatic rings. The van der Waals surface area contributed by atoms with E-state index in [1.54, 1.807) is 32.0 Å². The van der Waals surface area contributed by atoms with Gasteiger partial charge in [0.15, 0.2) is 12.4 Å². The Kier molecular flexibility index (Phi) is 7.76. The number of esters is 2. The molecular formula is C21H21Cl2N3O6. The van der Waals surface area contributed by atoms with Crippen LogP contribution in [0.4, 0.5) is 5.82 Å². The van der Waals surface area contributed by atoms with Crippen LogP contribution in [0.3, 0.4) is 0 Å². The van der Waals surface area contributed by atoms with Crippen molar-refractivity contribution in [2.24, 2.45) is 0 Å². The summed E-state index contributed by atoms with van der Waals surface area (Å²) in [4.78, 5) is 32.5. The lowest BCUT2D eigenvalue weighted by Gasteiger charge is -2.08. The van der Waals surface area contributed by atoms with E-state index >= 15 is 0 Å². The number of fused-ring (bicyclic) bond motifs is 1. The van der Waals surface area contributed by atoms with Crippen LogP contribution in [0.5, 0.6) is 5.75 Å². The molecule has 3 rings (SSSR count). The van der Waals surface area contributed by atoms with Crippen LogP contribution in [-0.4, -0.2) is 35.1 Å². The standard InChI is InChI=1S/C21H21Cl2N3O6/c1-3-29-21(28)17-11(2)32-20-18(17)19(24)25-15(26-20)10-31-16(27)5-4-8-30-14-7-6-12(22)9-13(14)23/h6-7,9H,3-5,8,10H2,1-2H3,(H2,24,25,26). The number of carbonyl (C=O) groups excluding carboxylic acids is 2. The van der Waals surface area contributed by atoms with E-state index in [-0.39, 0.29) is 54.5 Å². The van der Waals surface area contributed by atoms with Gasteiger partial charge in [0.1, 0.15) is 22.9 Å². The summed E-state index contributed by atoms with van der Waals surface area (Å²) in [6.45, 7) is 3.58. The second-order valence-electron chi connectivity index (χ2n) is 6.65. The monoisotopic (exact) mass is 481 g/mol. The molecule has 1 aromatic carbocycles. The number of aryl methyl sites for hydroxylation is 1. The lowest BCUT2D eigenvalue weighted by molar-refractivity contribution is -0.145. The number of hydrogen-bond acceptors (Lipinski definition) is 9. The summed E-state index contributed by atoms with van der Waals surface area (Å²) < 4.78 is 21.3. The minimum absolute atomic E-state index is 0.0363. The van der Waals surface area contributed by atoms with Gasteiger partial charge in [-0.2, -0.15) is 4.98 Å². The van der Waals surface area contributed by atoms with Crippen molar-refractivity contribution in [2.45, 2.75) is 33.3 Å². The number of anilines is 1. The van der Waals surface area contributed by atoms with Crippen molar-refractivity contribution in [3.8, 4) is 5.75 Å². The number of furan rings is 1. The van der Waals surface area contributed by atoms with E-state index in [2.05, 4.69) is 9.97 Å². The lowest BCUT2D eigenvalue weighted by Crippen LogP contribution is -2.10. The highest BCUT2D eigenvalue weighted by Gasteiger charge is 2.24. The minimum atomic E-state index is -0.569. The number of rotatable bonds is 9. The van der Waals surface area contributed by atoms with Gasteiger partial charge in [-0.15, -0.1) is 0 Å². The van der Waals surface area contributed by atoms with Crippen LogP contribution in [-0.2, 0) is 20.9 Å². The van der Waals surface area contributed by atoms with Crippen LogP contribution in [0.15, 0.2) is 22.6 Å². The van der Waals surface area contributed by atoms with Crippen LogP contribution in [0.2, 0.25) is 10.0 Å². The molecule has 0 unspecified atom stereocenters. The first-order chi connectivity index (χ1) is 15.3. The average molecular weight is 482 g/mol. The van der Waals surface area contributed by atoms with Gasteiger partial charge >= 0.3 is 11.9 Å². The molecule has 0 spiro atoms. The zero-order valence-corrected chi connectivity index (χ0v) is 19.0. The summed E-state index contributed by atoms with van der Waals surface area (Å²) in [6, 6.07) is 4.89. The summed E-state index contributed by atoms with van der Waals surface area (Å²) in [5, 5.41) is 1.17. The van der Waals surface area contributed by atoms with Gasteiger partial charge in [-0.1, -0.05) is 23.2 Å². The number of ether oxygens (including phenoxy) is 3. The molecule has 0 aliphatic rings. The highest BCUT2D eigenvalue weighted by molar-refractivity contribution is 6.35. The number of carbonyl (C=O) groups is 2. The van der Waals surface area contributed by atoms with Gasteiger partial charge in [-0.3, -0.25) is 4.79 Å². The van der Waals surface area contributed by atoms with Gasteiger partial charge in [-0.05, 0) is 38.5 Å². The van der Waals surface area contributed by atoms with Gasteiger partial charge < -0.3 is 24.4 Å². The second-order valence-corrected chi connectivity index (χ2v) is 7.49. The largest absolute Gasteiger partial charge is 0.492 e. The van der Waals surface area contributed by atoms with Gasteiger partial charge in [-0.25, -0.2) is 9.78 Å². The molecule has 2 heterocycles. The Morgan fingerprint density at radius 2 is 1.97 bits per heavy atom. The Labute approximate surface area is 193 Å². The third kappa shape index (κ3) is 5.60. The van der Waals surface area contributed by atoms with Crippen molar-refractivity contribution >= 4 is 52.1 Å². The van der Waals surface area contributed by atoms with E-state index in [9.17, 15) is 9.59 Å². The maximum absolute atomic E-state index is 12.2. The SMILES string of the molecule is CCOC(=O)c1c(C)oc2nc(COC(=O)CCCOc3ccc(Cl)cc3Cl)nc(N)c12. The zero-order chi connectivity index (χ0) is 23.3. The van der Waals surface area contributed by atoms with Crippen LogP contribution in [0.1, 0.15) is 41.7 Å². The first kappa shape index (κ1) is 23.6. The molecule has 0 aliphatic carbocycles. The number of nitrogens with two attached hydrogens (primary N) is 1. The summed E-state index contributed by atoms with van der Waals surface area (Å²) in [5.74, 6) is -0.0425. The second kappa shape index (κ2) is 10.5. The quantitative estimate of drug-likeness (QED) is 0.346. The third-order valence-corrected chi connectivity index (χ3v) is 4.85. The van der Waals surface area contributed by atoms with Crippen molar-refractivity contribution in [1.29, 1.82) is 0 Å². The van der Waals surface area contributed by atoms with Gasteiger partial charge in [0, 0.05) is 11.4 Å². The highest BCUT2D eigenvalue weighted by atomic mass is 35.5. The molecule has 0 saturated heterocycles. The van der Waals surface area contributed by atoms with Crippen molar-refractivity contribution < 1.29 is 28.2 Å². The molecule has 0 saturated carbocycles. The first-order valence-corrected chi connectivity index (χ1v) is 10.5. The summed E-state index contributed by atoms with van der Waals surface area (Å²) >= 11 is 11.9. The van der Waals surface area contributed by atoms with Crippen molar-refractivity contribution in [1.82, 2.24) is 9.97 Å². The Morgan fingerprint density at radius 1 is 1.19 bits per heavy atom. The molecule has 0 radical (unpaired) electrons. The average Bonchev–Trinajstić information content (AvgIpc) is 3.07. The summed E-state index contributed by atoms with van der Waals surface area (Å²) in [7, 11) is 0. The number of aromatic nitrogens is 2. The topological polar surface area (TPSA) is 127 Å². The van der Waals surface area contributed by atoms with E-state index in [1.165, 1.54) is 0 Å². The molecule has 0 bridgehead atoms. The Morgan fingerprint density at radius 3 is 2.69 bits per heavy atom. The van der Waals surface area contributed by atoms with Crippen LogP contribution in [0.25, 0.3) is 11.1 Å². The fraction of sp³-hybridized carbons (Fsp3) is 0.333. The van der Waals surface area contributed by atoms with Gasteiger partial charge in [0.2, 0.25) is 5.71 Å². The van der Waals surface area contributed by atoms with E-state index in [0.717, 1.165) is 0 Å². The fourth-order valence-corrected chi connectivity index (χ4v) is 3.37. The maximum atomic E-state index is 12.2.